The molecule has 5 nitrogen and oxygen atoms in total. The first-order chi connectivity index (χ1) is 9.26. The number of carbonyl (C=O) groups is 1. The molecule has 0 spiro atoms. The predicted molar refractivity (Wildman–Crippen MR) is 75.0 cm³/mol. The zero-order valence-corrected chi connectivity index (χ0v) is 11.8. The molecule has 0 radical (unpaired) electrons. The fraction of sp³-hybridized carbons (Fsp3) is 0.786. The maximum absolute atomic E-state index is 12.5. The van der Waals surface area contributed by atoms with Gasteiger partial charge in [-0.15, -0.1) is 6.58 Å². The molecule has 2 heterocycles. The average Bonchev–Trinajstić information content (AvgIpc) is 2.88. The summed E-state index contributed by atoms with van der Waals surface area (Å²) < 4.78 is 5.46. The van der Waals surface area contributed by atoms with Gasteiger partial charge in [-0.3, -0.25) is 9.69 Å². The van der Waals surface area contributed by atoms with Crippen molar-refractivity contribution in [3.8, 4) is 0 Å². The molecule has 1 N–H and O–H groups in total. The van der Waals surface area contributed by atoms with Gasteiger partial charge in [-0.05, 0) is 6.54 Å². The van der Waals surface area contributed by atoms with Crippen molar-refractivity contribution < 1.29 is 9.53 Å². The molecule has 5 heteroatoms. The van der Waals surface area contributed by atoms with E-state index in [-0.39, 0.29) is 17.9 Å². The molecular weight excluding hydrogens is 242 g/mol. The minimum absolute atomic E-state index is 0.00842. The summed E-state index contributed by atoms with van der Waals surface area (Å²) in [5.41, 5.74) is 0. The number of ether oxygens (including phenoxy) is 1. The van der Waals surface area contributed by atoms with Gasteiger partial charge in [0.25, 0.3) is 0 Å². The standard InChI is InChI=1S/C14H25N3O2/c1-3-5-16-6-8-17(9-7-16)14(18)12-10-19-11-13(12)15-4-2/h3,12-13,15H,1,4-11H2,2H3. The summed E-state index contributed by atoms with van der Waals surface area (Å²) in [7, 11) is 0. The Kier molecular flexibility index (Phi) is 5.36. The van der Waals surface area contributed by atoms with Crippen LogP contribution in [0.3, 0.4) is 0 Å². The molecule has 0 saturated carbocycles. The first-order valence-electron chi connectivity index (χ1n) is 7.19. The van der Waals surface area contributed by atoms with E-state index in [2.05, 4.69) is 23.7 Å². The van der Waals surface area contributed by atoms with Crippen LogP contribution in [0.25, 0.3) is 0 Å². The maximum atomic E-state index is 12.5. The molecule has 2 fully saturated rings. The number of hydrogen-bond acceptors (Lipinski definition) is 4. The Morgan fingerprint density at radius 3 is 2.74 bits per heavy atom. The van der Waals surface area contributed by atoms with Crippen LogP contribution in [0, 0.1) is 5.92 Å². The number of piperazine rings is 1. The molecule has 19 heavy (non-hydrogen) atoms. The molecule has 2 rings (SSSR count). The van der Waals surface area contributed by atoms with Gasteiger partial charge < -0.3 is 15.0 Å². The minimum Gasteiger partial charge on any atom is -0.379 e. The molecule has 0 aromatic heterocycles. The van der Waals surface area contributed by atoms with Gasteiger partial charge in [0.05, 0.1) is 19.1 Å². The van der Waals surface area contributed by atoms with Crippen molar-refractivity contribution in [1.82, 2.24) is 15.1 Å². The van der Waals surface area contributed by atoms with E-state index >= 15 is 0 Å². The number of hydrogen-bond donors (Lipinski definition) is 1. The lowest BCUT2D eigenvalue weighted by molar-refractivity contribution is -0.137. The van der Waals surface area contributed by atoms with Crippen LogP contribution in [0.4, 0.5) is 0 Å². The van der Waals surface area contributed by atoms with Gasteiger partial charge in [0.1, 0.15) is 0 Å². The molecule has 2 saturated heterocycles. The van der Waals surface area contributed by atoms with E-state index < -0.39 is 0 Å². The molecule has 108 valence electrons. The van der Waals surface area contributed by atoms with E-state index in [9.17, 15) is 4.79 Å². The summed E-state index contributed by atoms with van der Waals surface area (Å²) in [5.74, 6) is 0.243. The Balaban J connectivity index is 1.85. The molecule has 0 aromatic rings. The lowest BCUT2D eigenvalue weighted by Gasteiger charge is -2.36. The summed E-state index contributed by atoms with van der Waals surface area (Å²) in [6, 6.07) is 0.184. The van der Waals surface area contributed by atoms with Crippen LogP contribution in [0.5, 0.6) is 0 Å². The monoisotopic (exact) mass is 267 g/mol. The number of amides is 1. The lowest BCUT2D eigenvalue weighted by atomic mass is 10.0. The Bertz CT molecular complexity index is 314. The summed E-state index contributed by atoms with van der Waals surface area (Å²) in [6.07, 6.45) is 1.92. The summed E-state index contributed by atoms with van der Waals surface area (Å²) in [5, 5.41) is 3.35. The number of likely N-dealkylation sites (N-methyl/N-ethyl adjacent to an activating group) is 1. The van der Waals surface area contributed by atoms with Crippen LogP contribution in [0.2, 0.25) is 0 Å². The Hall–Kier alpha value is -0.910. The first kappa shape index (κ1) is 14.5. The van der Waals surface area contributed by atoms with Gasteiger partial charge >= 0.3 is 0 Å². The van der Waals surface area contributed by atoms with Crippen molar-refractivity contribution in [3.05, 3.63) is 12.7 Å². The van der Waals surface area contributed by atoms with E-state index in [0.29, 0.717) is 13.2 Å². The third-order valence-corrected chi connectivity index (χ3v) is 3.94. The number of carbonyl (C=O) groups excluding carboxylic acids is 1. The fourth-order valence-corrected chi connectivity index (χ4v) is 2.83. The molecule has 2 atom stereocenters. The highest BCUT2D eigenvalue weighted by molar-refractivity contribution is 5.80. The second-order valence-electron chi connectivity index (χ2n) is 5.22. The molecule has 0 aromatic carbocycles. The highest BCUT2D eigenvalue weighted by Crippen LogP contribution is 2.18. The lowest BCUT2D eigenvalue weighted by Crippen LogP contribution is -2.53. The van der Waals surface area contributed by atoms with Gasteiger partial charge in [0.2, 0.25) is 5.91 Å². The number of nitrogens with one attached hydrogen (secondary N) is 1. The van der Waals surface area contributed by atoms with Crippen LogP contribution in [0.15, 0.2) is 12.7 Å². The predicted octanol–water partition coefficient (Wildman–Crippen LogP) is -0.0589. The van der Waals surface area contributed by atoms with Gasteiger partial charge in [0, 0.05) is 38.8 Å². The SMILES string of the molecule is C=CCN1CCN(C(=O)C2COCC2NCC)CC1. The Morgan fingerprint density at radius 1 is 1.37 bits per heavy atom. The molecule has 0 aliphatic carbocycles. The smallest absolute Gasteiger partial charge is 0.229 e. The largest absolute Gasteiger partial charge is 0.379 e. The summed E-state index contributed by atoms with van der Waals surface area (Å²) in [4.78, 5) is 16.8. The van der Waals surface area contributed by atoms with Crippen molar-refractivity contribution >= 4 is 5.91 Å². The molecule has 2 aliphatic heterocycles. The maximum Gasteiger partial charge on any atom is 0.229 e. The number of rotatable bonds is 5. The van der Waals surface area contributed by atoms with Gasteiger partial charge in [0.15, 0.2) is 0 Å². The van der Waals surface area contributed by atoms with Crippen molar-refractivity contribution in [2.45, 2.75) is 13.0 Å². The second kappa shape index (κ2) is 7.03. The van der Waals surface area contributed by atoms with Crippen LogP contribution in [-0.2, 0) is 9.53 Å². The van der Waals surface area contributed by atoms with Crippen molar-refractivity contribution in [2.75, 3.05) is 52.5 Å². The van der Waals surface area contributed by atoms with E-state index in [1.807, 2.05) is 11.0 Å². The van der Waals surface area contributed by atoms with Crippen LogP contribution < -0.4 is 5.32 Å². The third kappa shape index (κ3) is 3.55. The highest BCUT2D eigenvalue weighted by atomic mass is 16.5. The second-order valence-corrected chi connectivity index (χ2v) is 5.22. The van der Waals surface area contributed by atoms with Gasteiger partial charge in [-0.1, -0.05) is 13.0 Å². The summed E-state index contributed by atoms with van der Waals surface area (Å²) in [6.45, 7) is 12.3. The van der Waals surface area contributed by atoms with Crippen LogP contribution in [0.1, 0.15) is 6.92 Å². The topological polar surface area (TPSA) is 44.8 Å². The Morgan fingerprint density at radius 2 is 2.11 bits per heavy atom. The van der Waals surface area contributed by atoms with E-state index in [4.69, 9.17) is 4.74 Å². The summed E-state index contributed by atoms with van der Waals surface area (Å²) >= 11 is 0. The van der Waals surface area contributed by atoms with Crippen molar-refractivity contribution in [2.24, 2.45) is 5.92 Å². The zero-order chi connectivity index (χ0) is 13.7. The third-order valence-electron chi connectivity index (χ3n) is 3.94. The Labute approximate surface area is 115 Å². The number of nitrogens with zero attached hydrogens (tertiary/aromatic N) is 2. The fourth-order valence-electron chi connectivity index (χ4n) is 2.83. The molecule has 2 unspecified atom stereocenters. The van der Waals surface area contributed by atoms with Gasteiger partial charge in [-0.25, -0.2) is 0 Å². The average molecular weight is 267 g/mol. The van der Waals surface area contributed by atoms with Crippen LogP contribution in [-0.4, -0.2) is 74.2 Å². The van der Waals surface area contributed by atoms with Crippen LogP contribution >= 0.6 is 0 Å². The zero-order valence-electron chi connectivity index (χ0n) is 11.8. The van der Waals surface area contributed by atoms with E-state index in [1.54, 1.807) is 0 Å². The van der Waals surface area contributed by atoms with Gasteiger partial charge in [-0.2, -0.15) is 0 Å². The molecule has 1 amide bonds. The normalized spacial score (nSPS) is 28.6. The minimum atomic E-state index is -0.00842. The highest BCUT2D eigenvalue weighted by Gasteiger charge is 2.36. The van der Waals surface area contributed by atoms with Crippen molar-refractivity contribution in [3.63, 3.8) is 0 Å². The van der Waals surface area contributed by atoms with Crippen molar-refractivity contribution in [1.29, 1.82) is 0 Å². The molecule has 2 aliphatic rings. The molecule has 0 bridgehead atoms. The first-order valence-corrected chi connectivity index (χ1v) is 7.19. The quantitative estimate of drug-likeness (QED) is 0.709. The van der Waals surface area contributed by atoms with E-state index in [0.717, 1.165) is 39.3 Å². The van der Waals surface area contributed by atoms with E-state index in [1.165, 1.54) is 0 Å². The molecular formula is C14H25N3O2.